The minimum absolute atomic E-state index is 0.0337. The number of pyridine rings is 1. The van der Waals surface area contributed by atoms with Crippen molar-refractivity contribution in [3.05, 3.63) is 36.8 Å². The van der Waals surface area contributed by atoms with E-state index in [1.165, 1.54) is 13.2 Å². The fourth-order valence-electron chi connectivity index (χ4n) is 3.71. The summed E-state index contributed by atoms with van der Waals surface area (Å²) in [4.78, 5) is 28.2. The molecule has 1 aliphatic heterocycles. The summed E-state index contributed by atoms with van der Waals surface area (Å²) in [6, 6.07) is 1.93. The van der Waals surface area contributed by atoms with Crippen LogP contribution >= 0.6 is 0 Å². The molecule has 4 rings (SSSR count). The molecule has 0 bridgehead atoms. The molecule has 10 nitrogen and oxygen atoms in total. The number of carboxylic acid groups (broad SMARTS) is 1. The van der Waals surface area contributed by atoms with Crippen LogP contribution in [0, 0.1) is 0 Å². The van der Waals surface area contributed by atoms with Crippen molar-refractivity contribution in [3.63, 3.8) is 0 Å². The maximum atomic E-state index is 11.5. The lowest BCUT2D eigenvalue weighted by Gasteiger charge is -2.39. The molecule has 1 atom stereocenters. The highest BCUT2D eigenvalue weighted by atomic mass is 16.4. The molecule has 3 aromatic rings. The lowest BCUT2D eigenvalue weighted by Crippen LogP contribution is -2.40. The van der Waals surface area contributed by atoms with Gasteiger partial charge in [0.2, 0.25) is 0 Å². The van der Waals surface area contributed by atoms with Gasteiger partial charge in [-0.2, -0.15) is 0 Å². The van der Waals surface area contributed by atoms with Crippen molar-refractivity contribution in [2.75, 3.05) is 16.8 Å². The Labute approximate surface area is 167 Å². The Kier molecular flexibility index (Phi) is 4.61. The second kappa shape index (κ2) is 7.12. The molecule has 1 unspecified atom stereocenters. The molecule has 0 radical (unpaired) electrons. The minimum atomic E-state index is -1.08. The van der Waals surface area contributed by atoms with Crippen LogP contribution in [0.15, 0.2) is 31.0 Å². The average Bonchev–Trinajstić information content (AvgIpc) is 3.21. The van der Waals surface area contributed by atoms with Crippen molar-refractivity contribution in [2.24, 2.45) is 0 Å². The predicted molar refractivity (Wildman–Crippen MR) is 107 cm³/mol. The molecule has 0 saturated heterocycles. The van der Waals surface area contributed by atoms with Crippen LogP contribution < -0.4 is 9.80 Å². The number of carbonyl (C=O) groups is 1. The van der Waals surface area contributed by atoms with Crippen LogP contribution in [0.1, 0.15) is 39.1 Å². The van der Waals surface area contributed by atoms with Crippen molar-refractivity contribution >= 4 is 17.6 Å². The van der Waals surface area contributed by atoms with Crippen LogP contribution in [-0.4, -0.2) is 54.0 Å². The van der Waals surface area contributed by atoms with Crippen molar-refractivity contribution in [1.82, 2.24) is 29.7 Å². The Morgan fingerprint density at radius 2 is 2.14 bits per heavy atom. The highest BCUT2D eigenvalue weighted by molar-refractivity contribution is 5.91. The van der Waals surface area contributed by atoms with Crippen LogP contribution in [0.3, 0.4) is 0 Å². The summed E-state index contributed by atoms with van der Waals surface area (Å²) >= 11 is 0. The van der Waals surface area contributed by atoms with Gasteiger partial charge >= 0.3 is 6.09 Å². The standard InChI is InChI=1S/C19H22N8O2/c1-5-13-18-24-22-10-26(18)15-9-21-16(23-17(15)27(13)11(2)3)12-6-7-20-8-14(12)25(4)19(28)29/h6-11,13H,5H2,1-4H3,(H,28,29). The highest BCUT2D eigenvalue weighted by Crippen LogP contribution is 2.40. The summed E-state index contributed by atoms with van der Waals surface area (Å²) in [5.74, 6) is 2.07. The highest BCUT2D eigenvalue weighted by Gasteiger charge is 2.35. The summed E-state index contributed by atoms with van der Waals surface area (Å²) in [5, 5.41) is 17.8. The quantitative estimate of drug-likeness (QED) is 0.719. The first kappa shape index (κ1) is 18.8. The number of hydrogen-bond donors (Lipinski definition) is 1. The zero-order valence-electron chi connectivity index (χ0n) is 16.7. The van der Waals surface area contributed by atoms with Gasteiger partial charge in [-0.1, -0.05) is 6.92 Å². The van der Waals surface area contributed by atoms with Gasteiger partial charge in [-0.3, -0.25) is 14.5 Å². The topological polar surface area (TPSA) is 113 Å². The Balaban J connectivity index is 1.91. The molecular weight excluding hydrogens is 372 g/mol. The first-order valence-electron chi connectivity index (χ1n) is 9.40. The van der Waals surface area contributed by atoms with Gasteiger partial charge in [0.25, 0.3) is 0 Å². The van der Waals surface area contributed by atoms with Gasteiger partial charge in [0.15, 0.2) is 17.5 Å². The molecule has 29 heavy (non-hydrogen) atoms. The fourth-order valence-corrected chi connectivity index (χ4v) is 3.71. The molecule has 0 saturated carbocycles. The molecule has 4 heterocycles. The molecule has 0 fully saturated rings. The molecule has 0 aromatic carbocycles. The van der Waals surface area contributed by atoms with Gasteiger partial charge in [0, 0.05) is 24.8 Å². The zero-order chi connectivity index (χ0) is 20.7. The van der Waals surface area contributed by atoms with Crippen molar-refractivity contribution < 1.29 is 9.90 Å². The van der Waals surface area contributed by atoms with Gasteiger partial charge in [0.05, 0.1) is 24.1 Å². The van der Waals surface area contributed by atoms with E-state index < -0.39 is 6.09 Å². The third-order valence-corrected chi connectivity index (χ3v) is 5.09. The van der Waals surface area contributed by atoms with E-state index in [1.807, 2.05) is 4.57 Å². The van der Waals surface area contributed by atoms with E-state index in [4.69, 9.17) is 4.98 Å². The van der Waals surface area contributed by atoms with Gasteiger partial charge < -0.3 is 10.0 Å². The fraction of sp³-hybridized carbons (Fsp3) is 0.368. The number of rotatable bonds is 4. The van der Waals surface area contributed by atoms with Crippen molar-refractivity contribution in [3.8, 4) is 17.1 Å². The molecule has 1 N–H and O–H groups in total. The average molecular weight is 394 g/mol. The van der Waals surface area contributed by atoms with E-state index in [1.54, 1.807) is 24.8 Å². The van der Waals surface area contributed by atoms with Gasteiger partial charge in [0.1, 0.15) is 12.0 Å². The van der Waals surface area contributed by atoms with Gasteiger partial charge in [-0.05, 0) is 26.3 Å². The van der Waals surface area contributed by atoms with E-state index in [2.05, 4.69) is 45.8 Å². The maximum Gasteiger partial charge on any atom is 0.411 e. The molecule has 0 spiro atoms. The SMILES string of the molecule is CCC1c2nncn2-c2cnc(-c3ccncc3N(C)C(=O)O)nc2N1C(C)C. The second-order valence-corrected chi connectivity index (χ2v) is 7.12. The molecule has 10 heteroatoms. The smallest absolute Gasteiger partial charge is 0.411 e. The van der Waals surface area contributed by atoms with Gasteiger partial charge in [-0.15, -0.1) is 10.2 Å². The monoisotopic (exact) mass is 394 g/mol. The maximum absolute atomic E-state index is 11.5. The van der Waals surface area contributed by atoms with E-state index in [-0.39, 0.29) is 12.1 Å². The zero-order valence-corrected chi connectivity index (χ0v) is 16.7. The third kappa shape index (κ3) is 2.96. The number of amides is 1. The number of aromatic nitrogens is 6. The summed E-state index contributed by atoms with van der Waals surface area (Å²) in [5.41, 5.74) is 1.82. The van der Waals surface area contributed by atoms with Crippen molar-refractivity contribution in [1.29, 1.82) is 0 Å². The van der Waals surface area contributed by atoms with E-state index in [9.17, 15) is 9.90 Å². The largest absolute Gasteiger partial charge is 0.465 e. The Morgan fingerprint density at radius 3 is 2.83 bits per heavy atom. The first-order chi connectivity index (χ1) is 13.9. The number of fused-ring (bicyclic) bond motifs is 3. The van der Waals surface area contributed by atoms with E-state index in [0.717, 1.165) is 28.7 Å². The summed E-state index contributed by atoms with van der Waals surface area (Å²) < 4.78 is 1.92. The summed E-state index contributed by atoms with van der Waals surface area (Å²) in [6.45, 7) is 6.32. The van der Waals surface area contributed by atoms with Crippen LogP contribution in [0.2, 0.25) is 0 Å². The van der Waals surface area contributed by atoms with Crippen LogP contribution in [-0.2, 0) is 0 Å². The van der Waals surface area contributed by atoms with Crippen LogP contribution in [0.25, 0.3) is 17.1 Å². The Hall–Kier alpha value is -3.56. The van der Waals surface area contributed by atoms with Gasteiger partial charge in [-0.25, -0.2) is 14.8 Å². The number of anilines is 2. The Bertz CT molecular complexity index is 1060. The van der Waals surface area contributed by atoms with Crippen LogP contribution in [0.4, 0.5) is 16.3 Å². The summed E-state index contributed by atoms with van der Waals surface area (Å²) in [6.07, 6.45) is 6.27. The lowest BCUT2D eigenvalue weighted by molar-refractivity contribution is 0.203. The third-order valence-electron chi connectivity index (χ3n) is 5.09. The lowest BCUT2D eigenvalue weighted by atomic mass is 10.1. The number of nitrogens with zero attached hydrogens (tertiary/aromatic N) is 8. The molecule has 0 aliphatic carbocycles. The Morgan fingerprint density at radius 1 is 1.34 bits per heavy atom. The predicted octanol–water partition coefficient (Wildman–Crippen LogP) is 2.91. The second-order valence-electron chi connectivity index (χ2n) is 7.12. The first-order valence-corrected chi connectivity index (χ1v) is 9.40. The molecule has 3 aromatic heterocycles. The normalized spacial score (nSPS) is 15.2. The van der Waals surface area contributed by atoms with E-state index in [0.29, 0.717) is 17.1 Å². The molecule has 1 amide bonds. The van der Waals surface area contributed by atoms with Crippen molar-refractivity contribution in [2.45, 2.75) is 39.3 Å². The minimum Gasteiger partial charge on any atom is -0.465 e. The van der Waals surface area contributed by atoms with E-state index >= 15 is 0 Å². The summed E-state index contributed by atoms with van der Waals surface area (Å²) in [7, 11) is 1.47. The molecule has 1 aliphatic rings. The molecular formula is C19H22N8O2. The van der Waals surface area contributed by atoms with Crippen LogP contribution in [0.5, 0.6) is 0 Å². The number of hydrogen-bond acceptors (Lipinski definition) is 7. The molecule has 150 valence electrons.